The second kappa shape index (κ2) is 13.4. The fraction of sp³-hybridized carbons (Fsp3) is 0.114. The molecule has 1 N–H and O–H groups in total. The predicted molar refractivity (Wildman–Crippen MR) is 171 cm³/mol. The third-order valence-electron chi connectivity index (χ3n) is 7.25. The van der Waals surface area contributed by atoms with Gasteiger partial charge >= 0.3 is 6.18 Å². The number of alkyl halides is 3. The third kappa shape index (κ3) is 6.95. The van der Waals surface area contributed by atoms with Gasteiger partial charge in [0.1, 0.15) is 5.75 Å². The average Bonchev–Trinajstić information content (AvgIpc) is 3.76. The molecule has 0 saturated heterocycles. The number of nitrogens with zero attached hydrogens (tertiary/aromatic N) is 6. The minimum absolute atomic E-state index is 0. The van der Waals surface area contributed by atoms with Crippen molar-refractivity contribution >= 4 is 34.1 Å². The number of rotatable bonds is 4. The number of phenolic OH excluding ortho intramolecular Hbond substituents is 1. The van der Waals surface area contributed by atoms with Crippen LogP contribution in [0.1, 0.15) is 11.1 Å². The van der Waals surface area contributed by atoms with Crippen LogP contribution < -0.4 is 19.6 Å². The molecule has 0 saturated carbocycles. The summed E-state index contributed by atoms with van der Waals surface area (Å²) in [5, 5.41) is 10.2. The number of benzene rings is 4. The van der Waals surface area contributed by atoms with E-state index in [-0.39, 0.29) is 25.9 Å². The normalized spacial score (nSPS) is 15.3. The van der Waals surface area contributed by atoms with Gasteiger partial charge in [-0.05, 0) is 63.2 Å². The number of aryl methyl sites for hydroxylation is 1. The minimum Gasteiger partial charge on any atom is -0.510 e. The van der Waals surface area contributed by atoms with E-state index >= 15 is 0 Å². The first-order valence-electron chi connectivity index (χ1n) is 14.1. The molecule has 7 rings (SSSR count). The maximum absolute atomic E-state index is 13.1. The van der Waals surface area contributed by atoms with Crippen molar-refractivity contribution in [2.75, 3.05) is 33.7 Å². The van der Waals surface area contributed by atoms with Gasteiger partial charge in [-0.1, -0.05) is 36.8 Å². The smallest absolute Gasteiger partial charge is 0.394 e. The largest absolute Gasteiger partial charge is 0.510 e. The molecule has 3 aliphatic heterocycles. The molecule has 0 aromatic heterocycles. The molecule has 3 aliphatic rings. The Morgan fingerprint density at radius 3 is 1.70 bits per heavy atom. The second-order valence-corrected chi connectivity index (χ2v) is 10.7. The van der Waals surface area contributed by atoms with Gasteiger partial charge in [0.2, 0.25) is 0 Å². The van der Waals surface area contributed by atoms with Gasteiger partial charge in [0.25, 0.3) is 0 Å². The number of hydrogen-bond donors (Lipinski definition) is 1. The van der Waals surface area contributed by atoms with Gasteiger partial charge in [-0.2, -0.15) is 50.3 Å². The molecule has 0 atom stereocenters. The van der Waals surface area contributed by atoms with Crippen LogP contribution in [0.5, 0.6) is 5.75 Å². The van der Waals surface area contributed by atoms with Crippen LogP contribution in [0, 0.1) is 39.1 Å². The summed E-state index contributed by atoms with van der Waals surface area (Å²) in [4.78, 5) is 10.8. The van der Waals surface area contributed by atoms with Gasteiger partial charge in [0, 0.05) is 31.5 Å². The monoisotopic (exact) mass is 800 g/mol. The van der Waals surface area contributed by atoms with Gasteiger partial charge in [-0.25, -0.2) is 0 Å². The summed E-state index contributed by atoms with van der Waals surface area (Å²) in [6, 6.07) is 30.1. The molecular weight excluding hydrogens is 770 g/mol. The molecule has 11 heteroatoms. The van der Waals surface area contributed by atoms with Crippen molar-refractivity contribution in [1.82, 2.24) is 9.80 Å². The SMILES string of the molecule is CN1C=CN(c2[c-]c(N3C=CN(C)[CH-]3)cc(C(F)(F)F)c2)[CH-]1.Cc1c[c-]c(N2[CH-]N(c3ccccc3O)c3ccccc32)cc1.[Ir]. The van der Waals surface area contributed by atoms with E-state index in [2.05, 4.69) is 42.2 Å². The van der Waals surface area contributed by atoms with Crippen molar-refractivity contribution in [3.63, 3.8) is 0 Å². The third-order valence-corrected chi connectivity index (χ3v) is 7.25. The Hall–Kier alpha value is -4.60. The first kappa shape index (κ1) is 32.8. The van der Waals surface area contributed by atoms with Gasteiger partial charge < -0.3 is 34.5 Å². The topological polar surface area (TPSA) is 39.7 Å². The van der Waals surface area contributed by atoms with Crippen LogP contribution in [0.3, 0.4) is 0 Å². The Labute approximate surface area is 281 Å². The first-order valence-corrected chi connectivity index (χ1v) is 14.1. The van der Waals surface area contributed by atoms with Crippen molar-refractivity contribution in [3.05, 3.63) is 147 Å². The van der Waals surface area contributed by atoms with Crippen LogP contribution >= 0.6 is 0 Å². The van der Waals surface area contributed by atoms with Gasteiger partial charge in [-0.3, -0.25) is 0 Å². The van der Waals surface area contributed by atoms with E-state index in [1.165, 1.54) is 5.56 Å². The summed E-state index contributed by atoms with van der Waals surface area (Å²) >= 11 is 0. The molecule has 0 amide bonds. The maximum atomic E-state index is 13.1. The first-order chi connectivity index (χ1) is 21.6. The minimum atomic E-state index is -4.41. The fourth-order valence-electron chi connectivity index (χ4n) is 4.97. The molecule has 4 aromatic carbocycles. The van der Waals surface area contributed by atoms with Crippen molar-refractivity contribution < 1.29 is 38.4 Å². The molecule has 7 nitrogen and oxygen atoms in total. The Morgan fingerprint density at radius 2 is 1.22 bits per heavy atom. The second-order valence-electron chi connectivity index (χ2n) is 10.7. The summed E-state index contributed by atoms with van der Waals surface area (Å²) in [6.45, 7) is 7.41. The van der Waals surface area contributed by atoms with Crippen LogP contribution in [0.15, 0.2) is 104 Å². The summed E-state index contributed by atoms with van der Waals surface area (Å²) in [5.74, 6) is 0.258. The van der Waals surface area contributed by atoms with E-state index < -0.39 is 11.7 Å². The zero-order chi connectivity index (χ0) is 31.7. The number of aromatic hydroxyl groups is 1. The number of halogens is 3. The summed E-state index contributed by atoms with van der Waals surface area (Å²) < 4.78 is 39.4. The van der Waals surface area contributed by atoms with E-state index in [0.29, 0.717) is 11.4 Å². The zero-order valence-corrected chi connectivity index (χ0v) is 27.5. The molecule has 0 bridgehead atoms. The standard InChI is InChI=1S/C20H16N2O.C15H14F3N4.Ir/c1-15-10-12-16(13-11-15)21-14-22(18-7-3-2-6-17(18)21)19-8-4-5-9-20(19)23;1-19-3-5-21(10-19)13-7-12(15(16,17)18)8-14(9-13)22-6-4-20(2)11-22;/h2-12,14,23H,1H3;3-8,10-11H,1-2H3;/q-2;-3;. The fourth-order valence-corrected chi connectivity index (χ4v) is 4.97. The van der Waals surface area contributed by atoms with Crippen LogP contribution in [-0.4, -0.2) is 29.0 Å². The van der Waals surface area contributed by atoms with Crippen LogP contribution in [0.4, 0.5) is 47.3 Å². The Balaban J connectivity index is 0.000000178. The number of para-hydroxylation sites is 4. The molecular formula is C35H30F3IrN6O-5. The molecule has 46 heavy (non-hydrogen) atoms. The van der Waals surface area contributed by atoms with Gasteiger partial charge in [0.05, 0.1) is 5.69 Å². The summed E-state index contributed by atoms with van der Waals surface area (Å²) in [7, 11) is 3.61. The predicted octanol–water partition coefficient (Wildman–Crippen LogP) is 8.10. The molecule has 0 unspecified atom stereocenters. The Kier molecular flexibility index (Phi) is 9.55. The molecule has 241 valence electrons. The Morgan fingerprint density at radius 1 is 0.674 bits per heavy atom. The van der Waals surface area contributed by atoms with Crippen molar-refractivity contribution in [2.45, 2.75) is 13.1 Å². The number of hydrogen-bond acceptors (Lipinski definition) is 7. The number of anilines is 6. The van der Waals surface area contributed by atoms with E-state index in [9.17, 15) is 18.3 Å². The van der Waals surface area contributed by atoms with Gasteiger partial charge in [-0.15, -0.1) is 48.0 Å². The molecule has 3 heterocycles. The van der Waals surface area contributed by atoms with E-state index in [0.717, 1.165) is 34.9 Å². The number of fused-ring (bicyclic) bond motifs is 1. The molecule has 1 radical (unpaired) electrons. The summed E-state index contributed by atoms with van der Waals surface area (Å²) in [6.07, 6.45) is 2.47. The van der Waals surface area contributed by atoms with Crippen molar-refractivity contribution in [3.8, 4) is 5.75 Å². The van der Waals surface area contributed by atoms with E-state index in [1.807, 2.05) is 54.0 Å². The Bertz CT molecular complexity index is 1680. The molecule has 0 fully saturated rings. The van der Waals surface area contributed by atoms with E-state index in [1.54, 1.807) is 77.9 Å². The average molecular weight is 800 g/mol. The molecule has 0 aliphatic carbocycles. The van der Waals surface area contributed by atoms with Crippen molar-refractivity contribution in [2.24, 2.45) is 0 Å². The van der Waals surface area contributed by atoms with Crippen LogP contribution in [0.2, 0.25) is 0 Å². The summed E-state index contributed by atoms with van der Waals surface area (Å²) in [5.41, 5.74) is 4.97. The molecule has 4 aromatic rings. The van der Waals surface area contributed by atoms with Gasteiger partial charge in [0.15, 0.2) is 0 Å². The van der Waals surface area contributed by atoms with Crippen LogP contribution in [0.25, 0.3) is 0 Å². The molecule has 0 spiro atoms. The van der Waals surface area contributed by atoms with E-state index in [4.69, 9.17) is 0 Å². The maximum Gasteiger partial charge on any atom is 0.394 e. The quantitative estimate of drug-likeness (QED) is 0.210. The number of phenols is 1. The van der Waals surface area contributed by atoms with Crippen molar-refractivity contribution in [1.29, 1.82) is 0 Å². The zero-order valence-electron chi connectivity index (χ0n) is 25.1. The van der Waals surface area contributed by atoms with Crippen LogP contribution in [-0.2, 0) is 26.3 Å².